The molecule has 2 rings (SSSR count). The number of furan rings is 1. The van der Waals surface area contributed by atoms with Crippen molar-refractivity contribution in [3.63, 3.8) is 0 Å². The van der Waals surface area contributed by atoms with E-state index < -0.39 is 29.9 Å². The summed E-state index contributed by atoms with van der Waals surface area (Å²) in [5.41, 5.74) is 0.846. The predicted molar refractivity (Wildman–Crippen MR) is 109 cm³/mol. The molecule has 0 aliphatic rings. The van der Waals surface area contributed by atoms with Gasteiger partial charge in [0.15, 0.2) is 0 Å². The molecule has 0 unspecified atom stereocenters. The van der Waals surface area contributed by atoms with Crippen molar-refractivity contribution >= 4 is 23.9 Å². The number of benzene rings is 1. The van der Waals surface area contributed by atoms with Crippen molar-refractivity contribution < 1.29 is 23.9 Å². The fourth-order valence-electron chi connectivity index (χ4n) is 2.79. The molecule has 0 radical (unpaired) electrons. The molecule has 0 aliphatic carbocycles. The van der Waals surface area contributed by atoms with Crippen molar-refractivity contribution in [1.82, 2.24) is 10.6 Å². The Kier molecular flexibility index (Phi) is 8.21. The molecule has 7 nitrogen and oxygen atoms in total. The van der Waals surface area contributed by atoms with Gasteiger partial charge in [-0.05, 0) is 36.1 Å². The van der Waals surface area contributed by atoms with Crippen LogP contribution in [0.3, 0.4) is 0 Å². The van der Waals surface area contributed by atoms with Crippen LogP contribution in [0, 0.1) is 5.92 Å². The molecule has 0 saturated heterocycles. The average Bonchev–Trinajstić information content (AvgIpc) is 3.19. The number of hydrogen-bond acceptors (Lipinski definition) is 4. The number of carbonyl (C=O) groups is 3. The first-order chi connectivity index (χ1) is 13.8. The second-order valence-electron chi connectivity index (χ2n) is 7.13. The third kappa shape index (κ3) is 7.65. The zero-order valence-corrected chi connectivity index (χ0v) is 16.5. The molecule has 3 N–H and O–H groups in total. The maximum absolute atomic E-state index is 12.8. The summed E-state index contributed by atoms with van der Waals surface area (Å²) in [4.78, 5) is 36.6. The minimum absolute atomic E-state index is 0.0924. The Bertz CT molecular complexity index is 828. The van der Waals surface area contributed by atoms with Gasteiger partial charge in [0.2, 0.25) is 11.8 Å². The molecule has 0 spiro atoms. The van der Waals surface area contributed by atoms with E-state index in [1.165, 1.54) is 18.4 Å². The van der Waals surface area contributed by atoms with Gasteiger partial charge in [-0.25, -0.2) is 4.79 Å². The number of carbonyl (C=O) groups excluding carboxylic acids is 2. The van der Waals surface area contributed by atoms with E-state index in [1.54, 1.807) is 12.1 Å². The Morgan fingerprint density at radius 1 is 1.03 bits per heavy atom. The van der Waals surface area contributed by atoms with Crippen LogP contribution in [0.2, 0.25) is 0 Å². The van der Waals surface area contributed by atoms with Gasteiger partial charge in [-0.2, -0.15) is 0 Å². The molecule has 1 aromatic heterocycles. The highest BCUT2D eigenvalue weighted by molar-refractivity contribution is 5.96. The van der Waals surface area contributed by atoms with Crippen molar-refractivity contribution in [1.29, 1.82) is 0 Å². The number of carboxylic acid groups (broad SMARTS) is 1. The fraction of sp³-hybridized carbons (Fsp3) is 0.318. The number of aliphatic carboxylic acids is 1. The quantitative estimate of drug-likeness (QED) is 0.533. The topological polar surface area (TPSA) is 109 Å². The number of nitrogens with one attached hydrogen (secondary N) is 2. The van der Waals surface area contributed by atoms with Gasteiger partial charge >= 0.3 is 5.97 Å². The Morgan fingerprint density at radius 2 is 1.76 bits per heavy atom. The summed E-state index contributed by atoms with van der Waals surface area (Å²) in [7, 11) is 0. The summed E-state index contributed by atoms with van der Waals surface area (Å²) in [6, 6.07) is 10.7. The summed E-state index contributed by atoms with van der Waals surface area (Å²) in [6.45, 7) is 3.76. The molecule has 1 heterocycles. The second-order valence-corrected chi connectivity index (χ2v) is 7.13. The summed E-state index contributed by atoms with van der Waals surface area (Å²) in [6.07, 6.45) is 4.79. The SMILES string of the molecule is CC(C)C[C@H](NC(=O)[C@H](Cc1ccccc1)NC(=O)/C=C/c1ccco1)C(=O)O. The van der Waals surface area contributed by atoms with Gasteiger partial charge in [-0.1, -0.05) is 44.2 Å². The van der Waals surface area contributed by atoms with E-state index in [4.69, 9.17) is 4.42 Å². The van der Waals surface area contributed by atoms with E-state index in [9.17, 15) is 19.5 Å². The Morgan fingerprint density at radius 3 is 2.34 bits per heavy atom. The molecule has 1 aromatic carbocycles. The zero-order valence-electron chi connectivity index (χ0n) is 16.5. The van der Waals surface area contributed by atoms with Gasteiger partial charge < -0.3 is 20.2 Å². The normalized spacial score (nSPS) is 13.2. The van der Waals surface area contributed by atoms with Crippen molar-refractivity contribution in [2.45, 2.75) is 38.8 Å². The van der Waals surface area contributed by atoms with Gasteiger partial charge in [0, 0.05) is 12.5 Å². The van der Waals surface area contributed by atoms with E-state index in [-0.39, 0.29) is 12.3 Å². The lowest BCUT2D eigenvalue weighted by Gasteiger charge is -2.22. The number of carboxylic acids is 1. The molecule has 0 fully saturated rings. The van der Waals surface area contributed by atoms with Crippen LogP contribution in [0.4, 0.5) is 0 Å². The van der Waals surface area contributed by atoms with Gasteiger partial charge in [-0.3, -0.25) is 9.59 Å². The van der Waals surface area contributed by atoms with Gasteiger partial charge in [0.05, 0.1) is 6.26 Å². The van der Waals surface area contributed by atoms with Crippen molar-refractivity contribution in [3.8, 4) is 0 Å². The largest absolute Gasteiger partial charge is 0.480 e. The smallest absolute Gasteiger partial charge is 0.326 e. The molecule has 2 aromatic rings. The lowest BCUT2D eigenvalue weighted by molar-refractivity contribution is -0.142. The third-order valence-corrected chi connectivity index (χ3v) is 4.18. The van der Waals surface area contributed by atoms with Crippen LogP contribution in [-0.4, -0.2) is 35.0 Å². The summed E-state index contributed by atoms with van der Waals surface area (Å²) >= 11 is 0. The second kappa shape index (κ2) is 10.8. The number of amides is 2. The number of rotatable bonds is 10. The summed E-state index contributed by atoms with van der Waals surface area (Å²) in [5, 5.41) is 14.6. The van der Waals surface area contributed by atoms with Gasteiger partial charge in [0.1, 0.15) is 17.8 Å². The van der Waals surface area contributed by atoms with Crippen LogP contribution in [0.15, 0.2) is 59.2 Å². The van der Waals surface area contributed by atoms with E-state index in [2.05, 4.69) is 10.6 Å². The van der Waals surface area contributed by atoms with Gasteiger partial charge in [-0.15, -0.1) is 0 Å². The van der Waals surface area contributed by atoms with Gasteiger partial charge in [0.25, 0.3) is 0 Å². The van der Waals surface area contributed by atoms with E-state index in [1.807, 2.05) is 44.2 Å². The standard InChI is InChI=1S/C22H26N2O5/c1-15(2)13-19(22(27)28)24-21(26)18(14-16-7-4-3-5-8-16)23-20(25)11-10-17-9-6-12-29-17/h3-12,15,18-19H,13-14H2,1-2H3,(H,23,25)(H,24,26)(H,27,28)/b11-10+/t18-,19-/m0/s1. The van der Waals surface area contributed by atoms with Crippen LogP contribution < -0.4 is 10.6 Å². The van der Waals surface area contributed by atoms with Crippen LogP contribution in [0.1, 0.15) is 31.6 Å². The zero-order chi connectivity index (χ0) is 21.2. The molecule has 29 heavy (non-hydrogen) atoms. The third-order valence-electron chi connectivity index (χ3n) is 4.18. The molecule has 0 bridgehead atoms. The van der Waals surface area contributed by atoms with Crippen molar-refractivity contribution in [3.05, 3.63) is 66.1 Å². The first-order valence-electron chi connectivity index (χ1n) is 9.44. The van der Waals surface area contributed by atoms with Crippen LogP contribution in [0.5, 0.6) is 0 Å². The van der Waals surface area contributed by atoms with E-state index in [0.29, 0.717) is 12.2 Å². The highest BCUT2D eigenvalue weighted by Gasteiger charge is 2.27. The lowest BCUT2D eigenvalue weighted by Crippen LogP contribution is -2.52. The minimum Gasteiger partial charge on any atom is -0.480 e. The van der Waals surface area contributed by atoms with Crippen LogP contribution in [0.25, 0.3) is 6.08 Å². The molecular formula is C22H26N2O5. The highest BCUT2D eigenvalue weighted by Crippen LogP contribution is 2.08. The monoisotopic (exact) mass is 398 g/mol. The predicted octanol–water partition coefficient (Wildman–Crippen LogP) is 2.64. The molecule has 0 aliphatic heterocycles. The lowest BCUT2D eigenvalue weighted by atomic mass is 10.0. The molecule has 0 saturated carbocycles. The Hall–Kier alpha value is -3.35. The number of hydrogen-bond donors (Lipinski definition) is 3. The Labute approximate surface area is 169 Å². The molecule has 2 amide bonds. The minimum atomic E-state index is -1.10. The molecule has 154 valence electrons. The van der Waals surface area contributed by atoms with Crippen molar-refractivity contribution in [2.75, 3.05) is 0 Å². The fourth-order valence-corrected chi connectivity index (χ4v) is 2.79. The van der Waals surface area contributed by atoms with Crippen LogP contribution >= 0.6 is 0 Å². The van der Waals surface area contributed by atoms with Crippen molar-refractivity contribution in [2.24, 2.45) is 5.92 Å². The first kappa shape index (κ1) is 21.9. The maximum Gasteiger partial charge on any atom is 0.326 e. The highest BCUT2D eigenvalue weighted by atomic mass is 16.4. The van der Waals surface area contributed by atoms with Crippen LogP contribution in [-0.2, 0) is 20.8 Å². The molecule has 2 atom stereocenters. The molecular weight excluding hydrogens is 372 g/mol. The molecule has 7 heteroatoms. The summed E-state index contributed by atoms with van der Waals surface area (Å²) < 4.78 is 5.14. The average molecular weight is 398 g/mol. The van der Waals surface area contributed by atoms with E-state index >= 15 is 0 Å². The Balaban J connectivity index is 2.11. The van der Waals surface area contributed by atoms with E-state index in [0.717, 1.165) is 5.56 Å². The maximum atomic E-state index is 12.8. The summed E-state index contributed by atoms with van der Waals surface area (Å²) in [5.74, 6) is -1.52. The first-order valence-corrected chi connectivity index (χ1v) is 9.44.